The quantitative estimate of drug-likeness (QED) is 0.858. The molecule has 0 saturated heterocycles. The van der Waals surface area contributed by atoms with Gasteiger partial charge in [0.05, 0.1) is 11.6 Å². The van der Waals surface area contributed by atoms with Crippen molar-refractivity contribution in [1.29, 1.82) is 0 Å². The van der Waals surface area contributed by atoms with Crippen molar-refractivity contribution in [2.75, 3.05) is 11.9 Å². The van der Waals surface area contributed by atoms with E-state index in [1.165, 1.54) is 11.3 Å². The highest BCUT2D eigenvalue weighted by atomic mass is 32.1. The van der Waals surface area contributed by atoms with Crippen LogP contribution in [0.5, 0.6) is 0 Å². The molecule has 106 valence electrons. The number of amides is 1. The Bertz CT molecular complexity index is 556. The number of thiazole rings is 1. The summed E-state index contributed by atoms with van der Waals surface area (Å²) in [4.78, 5) is 20.7. The second kappa shape index (κ2) is 7.00. The van der Waals surface area contributed by atoms with E-state index in [0.717, 1.165) is 18.0 Å². The third-order valence-corrected chi connectivity index (χ3v) is 3.72. The second-order valence-electron chi connectivity index (χ2n) is 4.39. The lowest BCUT2D eigenvalue weighted by Crippen LogP contribution is -2.27. The highest BCUT2D eigenvalue weighted by Crippen LogP contribution is 2.17. The van der Waals surface area contributed by atoms with Gasteiger partial charge in [0.15, 0.2) is 0 Å². The number of nitrogens with zero attached hydrogens (tertiary/aromatic N) is 2. The van der Waals surface area contributed by atoms with E-state index >= 15 is 0 Å². The Hall–Kier alpha value is -1.95. The summed E-state index contributed by atoms with van der Waals surface area (Å²) in [5.74, 6) is 0.484. The van der Waals surface area contributed by atoms with Gasteiger partial charge in [-0.15, -0.1) is 11.3 Å². The first-order valence-electron chi connectivity index (χ1n) is 6.61. The van der Waals surface area contributed by atoms with Gasteiger partial charge in [-0.3, -0.25) is 4.79 Å². The van der Waals surface area contributed by atoms with Crippen molar-refractivity contribution < 1.29 is 4.79 Å². The molecule has 1 amide bonds. The van der Waals surface area contributed by atoms with Crippen LogP contribution in [-0.2, 0) is 0 Å². The average Bonchev–Trinajstić information content (AvgIpc) is 2.99. The van der Waals surface area contributed by atoms with Gasteiger partial charge in [0, 0.05) is 24.3 Å². The summed E-state index contributed by atoms with van der Waals surface area (Å²) in [6.45, 7) is 4.78. The largest absolute Gasteiger partial charge is 0.369 e. The van der Waals surface area contributed by atoms with E-state index in [1.807, 2.05) is 12.3 Å². The maximum atomic E-state index is 12.3. The Kier molecular flexibility index (Phi) is 5.06. The minimum atomic E-state index is -0.139. The molecule has 2 aromatic rings. The lowest BCUT2D eigenvalue weighted by Gasteiger charge is -2.13. The van der Waals surface area contributed by atoms with Gasteiger partial charge in [-0.25, -0.2) is 9.97 Å². The standard InChI is InChI=1S/C14H18N4OS/c1-3-6-15-12-11(5-4-7-16-12)13(19)18-10(2)14-17-8-9-20-14/h4-5,7-10H,3,6H2,1-2H3,(H,15,16)(H,18,19). The monoisotopic (exact) mass is 290 g/mol. The molecule has 0 aliphatic heterocycles. The number of anilines is 1. The van der Waals surface area contributed by atoms with E-state index in [-0.39, 0.29) is 11.9 Å². The van der Waals surface area contributed by atoms with Crippen LogP contribution in [0, 0.1) is 0 Å². The zero-order valence-corrected chi connectivity index (χ0v) is 12.4. The maximum Gasteiger partial charge on any atom is 0.255 e. The van der Waals surface area contributed by atoms with Gasteiger partial charge in [-0.05, 0) is 25.5 Å². The summed E-state index contributed by atoms with van der Waals surface area (Å²) in [5, 5.41) is 8.90. The number of carbonyl (C=O) groups is 1. The number of aromatic nitrogens is 2. The third-order valence-electron chi connectivity index (χ3n) is 2.76. The molecular weight excluding hydrogens is 272 g/mol. The summed E-state index contributed by atoms with van der Waals surface area (Å²) in [5.41, 5.74) is 0.560. The molecule has 6 heteroatoms. The molecule has 1 unspecified atom stereocenters. The van der Waals surface area contributed by atoms with Crippen molar-refractivity contribution in [3.8, 4) is 0 Å². The molecule has 2 rings (SSSR count). The molecule has 0 aromatic carbocycles. The molecule has 1 atom stereocenters. The Morgan fingerprint density at radius 3 is 2.95 bits per heavy atom. The fraction of sp³-hybridized carbons (Fsp3) is 0.357. The number of rotatable bonds is 6. The fourth-order valence-corrected chi connectivity index (χ4v) is 2.40. The molecule has 0 bridgehead atoms. The Morgan fingerprint density at radius 2 is 2.25 bits per heavy atom. The van der Waals surface area contributed by atoms with E-state index in [1.54, 1.807) is 24.5 Å². The molecular formula is C14H18N4OS. The highest BCUT2D eigenvalue weighted by Gasteiger charge is 2.16. The molecule has 0 aliphatic rings. The van der Waals surface area contributed by atoms with Gasteiger partial charge >= 0.3 is 0 Å². The second-order valence-corrected chi connectivity index (χ2v) is 5.32. The van der Waals surface area contributed by atoms with E-state index in [0.29, 0.717) is 11.4 Å². The lowest BCUT2D eigenvalue weighted by atomic mass is 10.2. The summed E-state index contributed by atoms with van der Waals surface area (Å²) in [7, 11) is 0. The first-order valence-corrected chi connectivity index (χ1v) is 7.49. The van der Waals surface area contributed by atoms with Crippen LogP contribution in [0.3, 0.4) is 0 Å². The van der Waals surface area contributed by atoms with Crippen LogP contribution in [0.15, 0.2) is 29.9 Å². The number of pyridine rings is 1. The smallest absolute Gasteiger partial charge is 0.255 e. The van der Waals surface area contributed by atoms with E-state index in [9.17, 15) is 4.79 Å². The lowest BCUT2D eigenvalue weighted by molar-refractivity contribution is 0.0940. The average molecular weight is 290 g/mol. The zero-order valence-electron chi connectivity index (χ0n) is 11.6. The zero-order chi connectivity index (χ0) is 14.4. The van der Waals surface area contributed by atoms with Crippen LogP contribution < -0.4 is 10.6 Å². The third kappa shape index (κ3) is 3.54. The van der Waals surface area contributed by atoms with Crippen LogP contribution >= 0.6 is 11.3 Å². The molecule has 2 heterocycles. The van der Waals surface area contributed by atoms with Gasteiger partial charge in [0.1, 0.15) is 10.8 Å². The van der Waals surface area contributed by atoms with Crippen LogP contribution in [-0.4, -0.2) is 22.4 Å². The number of nitrogens with one attached hydrogen (secondary N) is 2. The Labute approximate surface area is 122 Å². The molecule has 2 aromatic heterocycles. The topological polar surface area (TPSA) is 66.9 Å². The predicted octanol–water partition coefficient (Wildman–Crippen LogP) is 2.85. The summed E-state index contributed by atoms with van der Waals surface area (Å²) in [6, 6.07) is 3.43. The van der Waals surface area contributed by atoms with Crippen LogP contribution in [0.4, 0.5) is 5.82 Å². The molecule has 0 aliphatic carbocycles. The maximum absolute atomic E-state index is 12.3. The fourth-order valence-electron chi connectivity index (χ4n) is 1.76. The van der Waals surface area contributed by atoms with Gasteiger partial charge < -0.3 is 10.6 Å². The van der Waals surface area contributed by atoms with Crippen molar-refractivity contribution in [2.24, 2.45) is 0 Å². The minimum absolute atomic E-state index is 0.110. The summed E-state index contributed by atoms with van der Waals surface area (Å²) >= 11 is 1.53. The molecule has 0 fully saturated rings. The first-order chi connectivity index (χ1) is 9.72. The van der Waals surface area contributed by atoms with Gasteiger partial charge in [-0.1, -0.05) is 6.92 Å². The van der Waals surface area contributed by atoms with E-state index in [4.69, 9.17) is 0 Å². The highest BCUT2D eigenvalue weighted by molar-refractivity contribution is 7.09. The molecule has 0 saturated carbocycles. The molecule has 5 nitrogen and oxygen atoms in total. The normalized spacial score (nSPS) is 11.9. The number of carbonyl (C=O) groups excluding carboxylic acids is 1. The number of hydrogen-bond acceptors (Lipinski definition) is 5. The van der Waals surface area contributed by atoms with Crippen LogP contribution in [0.1, 0.15) is 41.7 Å². The Morgan fingerprint density at radius 1 is 1.40 bits per heavy atom. The number of hydrogen-bond donors (Lipinski definition) is 2. The molecule has 20 heavy (non-hydrogen) atoms. The SMILES string of the molecule is CCCNc1ncccc1C(=O)NC(C)c1nccs1. The summed E-state index contributed by atoms with van der Waals surface area (Å²) in [6.07, 6.45) is 4.40. The van der Waals surface area contributed by atoms with Crippen LogP contribution in [0.25, 0.3) is 0 Å². The van der Waals surface area contributed by atoms with Crippen molar-refractivity contribution >= 4 is 23.1 Å². The van der Waals surface area contributed by atoms with E-state index in [2.05, 4.69) is 27.5 Å². The molecule has 2 N–H and O–H groups in total. The van der Waals surface area contributed by atoms with Crippen molar-refractivity contribution in [2.45, 2.75) is 26.3 Å². The van der Waals surface area contributed by atoms with E-state index < -0.39 is 0 Å². The summed E-state index contributed by atoms with van der Waals surface area (Å²) < 4.78 is 0. The minimum Gasteiger partial charge on any atom is -0.369 e. The first kappa shape index (κ1) is 14.5. The predicted molar refractivity (Wildman–Crippen MR) is 81.0 cm³/mol. The molecule has 0 spiro atoms. The van der Waals surface area contributed by atoms with Gasteiger partial charge in [-0.2, -0.15) is 0 Å². The van der Waals surface area contributed by atoms with Crippen molar-refractivity contribution in [3.63, 3.8) is 0 Å². The van der Waals surface area contributed by atoms with Crippen molar-refractivity contribution in [1.82, 2.24) is 15.3 Å². The van der Waals surface area contributed by atoms with Gasteiger partial charge in [0.2, 0.25) is 0 Å². The Balaban J connectivity index is 2.09. The van der Waals surface area contributed by atoms with Crippen LogP contribution in [0.2, 0.25) is 0 Å². The van der Waals surface area contributed by atoms with Crippen molar-refractivity contribution in [3.05, 3.63) is 40.5 Å². The van der Waals surface area contributed by atoms with Gasteiger partial charge in [0.25, 0.3) is 5.91 Å². The molecule has 0 radical (unpaired) electrons.